The Kier molecular flexibility index (Phi) is 6.94. The Bertz CT molecular complexity index is 1850. The standard InChI is InChI=1S/C30H26N6O4S/c31-29(39)23-9-4-13-36(23)25-24(26(37)27(25)38)34-18-5-3-6-19(15-18)35-30(40)28-22(11-14-41-28)33-16-17-10-12-32-21-8-2-1-7-20(17)21/h1-3,5-8,10-12,14-15,23,33-34H,4,9,13,16H2,(H2,31,39)(H,35,40). The monoisotopic (exact) mass is 566 g/mol. The highest BCUT2D eigenvalue weighted by Gasteiger charge is 2.36. The van der Waals surface area contributed by atoms with Crippen LogP contribution in [0.15, 0.2) is 81.8 Å². The van der Waals surface area contributed by atoms with Gasteiger partial charge in [0.1, 0.15) is 22.3 Å². The average Bonchev–Trinajstić information content (AvgIpc) is 3.66. The van der Waals surface area contributed by atoms with E-state index in [4.69, 9.17) is 5.73 Å². The third-order valence-electron chi connectivity index (χ3n) is 7.22. The number of rotatable bonds is 9. The van der Waals surface area contributed by atoms with Crippen LogP contribution < -0.4 is 37.4 Å². The minimum atomic E-state index is -0.652. The van der Waals surface area contributed by atoms with Gasteiger partial charge in [-0.2, -0.15) is 0 Å². The Morgan fingerprint density at radius 3 is 2.71 bits per heavy atom. The van der Waals surface area contributed by atoms with Crippen LogP contribution in [0.2, 0.25) is 0 Å². The van der Waals surface area contributed by atoms with E-state index >= 15 is 0 Å². The van der Waals surface area contributed by atoms with Crippen LogP contribution in [0.1, 0.15) is 28.1 Å². The molecule has 41 heavy (non-hydrogen) atoms. The molecule has 0 bridgehead atoms. The summed E-state index contributed by atoms with van der Waals surface area (Å²) in [6.07, 6.45) is 3.01. The number of nitrogens with zero attached hydrogens (tertiary/aromatic N) is 2. The quantitative estimate of drug-likeness (QED) is 0.196. The van der Waals surface area contributed by atoms with E-state index in [1.165, 1.54) is 11.3 Å². The molecule has 0 saturated carbocycles. The minimum Gasteiger partial charge on any atom is -0.380 e. The number of anilines is 5. The molecule has 11 heteroatoms. The van der Waals surface area contributed by atoms with Crippen molar-refractivity contribution < 1.29 is 9.59 Å². The van der Waals surface area contributed by atoms with Gasteiger partial charge in [0.05, 0.1) is 11.2 Å². The number of pyridine rings is 1. The molecular weight excluding hydrogens is 540 g/mol. The first-order valence-corrected chi connectivity index (χ1v) is 14.0. The number of hydrogen-bond acceptors (Lipinski definition) is 9. The summed E-state index contributed by atoms with van der Waals surface area (Å²) < 4.78 is 0. The van der Waals surface area contributed by atoms with E-state index in [-0.39, 0.29) is 17.3 Å². The molecule has 1 atom stereocenters. The second-order valence-electron chi connectivity index (χ2n) is 9.80. The highest BCUT2D eigenvalue weighted by Crippen LogP contribution is 2.31. The number of nitrogens with one attached hydrogen (secondary N) is 3. The number of hydrogen-bond donors (Lipinski definition) is 4. The third-order valence-corrected chi connectivity index (χ3v) is 8.14. The molecule has 1 saturated heterocycles. The number of amides is 2. The number of benzene rings is 2. The molecule has 5 N–H and O–H groups in total. The fourth-order valence-corrected chi connectivity index (χ4v) is 6.00. The third kappa shape index (κ3) is 5.03. The van der Waals surface area contributed by atoms with Gasteiger partial charge in [0.25, 0.3) is 16.8 Å². The van der Waals surface area contributed by atoms with Crippen molar-refractivity contribution in [1.82, 2.24) is 4.98 Å². The van der Waals surface area contributed by atoms with E-state index in [0.717, 1.165) is 16.5 Å². The molecule has 2 amide bonds. The second kappa shape index (κ2) is 10.9. The van der Waals surface area contributed by atoms with Crippen LogP contribution in [-0.4, -0.2) is 29.4 Å². The molecule has 5 aromatic rings. The van der Waals surface area contributed by atoms with E-state index in [0.29, 0.717) is 47.9 Å². The van der Waals surface area contributed by atoms with E-state index in [1.54, 1.807) is 35.4 Å². The lowest BCUT2D eigenvalue weighted by molar-refractivity contribution is -0.119. The highest BCUT2D eigenvalue weighted by molar-refractivity contribution is 7.12. The molecule has 1 aliphatic heterocycles. The molecule has 6 rings (SSSR count). The van der Waals surface area contributed by atoms with Gasteiger partial charge in [-0.15, -0.1) is 11.3 Å². The summed E-state index contributed by atoms with van der Waals surface area (Å²) in [5, 5.41) is 12.2. The summed E-state index contributed by atoms with van der Waals surface area (Å²) in [7, 11) is 0. The number of para-hydroxylation sites is 1. The zero-order valence-electron chi connectivity index (χ0n) is 21.8. The first kappa shape index (κ1) is 26.2. The van der Waals surface area contributed by atoms with Crippen molar-refractivity contribution in [2.75, 3.05) is 27.4 Å². The fraction of sp³-hybridized carbons (Fsp3) is 0.167. The average molecular weight is 567 g/mol. The summed E-state index contributed by atoms with van der Waals surface area (Å²) in [5.41, 5.74) is 8.24. The van der Waals surface area contributed by atoms with Gasteiger partial charge in [-0.3, -0.25) is 24.2 Å². The van der Waals surface area contributed by atoms with E-state index in [9.17, 15) is 19.2 Å². The van der Waals surface area contributed by atoms with Crippen molar-refractivity contribution in [3.05, 3.63) is 103 Å². The van der Waals surface area contributed by atoms with Gasteiger partial charge in [-0.25, -0.2) is 0 Å². The molecule has 1 aliphatic rings. The molecule has 3 aromatic carbocycles. The van der Waals surface area contributed by atoms with Crippen molar-refractivity contribution in [1.29, 1.82) is 0 Å². The van der Waals surface area contributed by atoms with Crippen LogP contribution in [0.4, 0.5) is 28.4 Å². The molecule has 1 fully saturated rings. The Balaban J connectivity index is 1.16. The minimum absolute atomic E-state index is 0.125. The normalized spacial score (nSPS) is 14.8. The lowest BCUT2D eigenvalue weighted by atomic mass is 10.1. The van der Waals surface area contributed by atoms with Gasteiger partial charge < -0.3 is 26.6 Å². The largest absolute Gasteiger partial charge is 0.380 e. The first-order valence-electron chi connectivity index (χ1n) is 13.1. The SMILES string of the molecule is NC(=O)C1CCCN1c1c(Nc2cccc(NC(=O)c3sccc3NCc3ccnc4ccccc34)c2)c(=O)c1=O. The molecular formula is C30H26N6O4S. The van der Waals surface area contributed by atoms with Crippen molar-refractivity contribution >= 4 is 62.5 Å². The van der Waals surface area contributed by atoms with Crippen LogP contribution in [0, 0.1) is 0 Å². The molecule has 3 heterocycles. The maximum absolute atomic E-state index is 13.2. The Morgan fingerprint density at radius 2 is 1.85 bits per heavy atom. The van der Waals surface area contributed by atoms with Crippen LogP contribution in [0.3, 0.4) is 0 Å². The fourth-order valence-electron chi connectivity index (χ4n) is 5.23. The Hall–Kier alpha value is -5.03. The van der Waals surface area contributed by atoms with Gasteiger partial charge in [-0.05, 0) is 60.2 Å². The van der Waals surface area contributed by atoms with E-state index < -0.39 is 22.8 Å². The zero-order chi connectivity index (χ0) is 28.5. The summed E-state index contributed by atoms with van der Waals surface area (Å²) >= 11 is 1.33. The van der Waals surface area contributed by atoms with Crippen molar-refractivity contribution in [2.45, 2.75) is 25.4 Å². The molecule has 0 aliphatic carbocycles. The van der Waals surface area contributed by atoms with Crippen LogP contribution >= 0.6 is 11.3 Å². The van der Waals surface area contributed by atoms with Crippen LogP contribution in [0.5, 0.6) is 0 Å². The zero-order valence-corrected chi connectivity index (χ0v) is 22.7. The van der Waals surface area contributed by atoms with Gasteiger partial charge in [0.2, 0.25) is 5.91 Å². The predicted octanol–water partition coefficient (Wildman–Crippen LogP) is 3.95. The Labute approximate surface area is 238 Å². The van der Waals surface area contributed by atoms with E-state index in [1.807, 2.05) is 41.8 Å². The smallest absolute Gasteiger partial charge is 0.267 e. The number of primary amides is 1. The first-order chi connectivity index (χ1) is 19.9. The Morgan fingerprint density at radius 1 is 1.02 bits per heavy atom. The highest BCUT2D eigenvalue weighted by atomic mass is 32.1. The summed E-state index contributed by atoms with van der Waals surface area (Å²) in [6.45, 7) is 0.995. The molecule has 1 unspecified atom stereocenters. The maximum Gasteiger partial charge on any atom is 0.267 e. The topological polar surface area (TPSA) is 147 Å². The van der Waals surface area contributed by atoms with Crippen molar-refractivity contribution in [3.63, 3.8) is 0 Å². The summed E-state index contributed by atoms with van der Waals surface area (Å²) in [6, 6.07) is 18.0. The summed E-state index contributed by atoms with van der Waals surface area (Å²) in [4.78, 5) is 56.4. The molecule has 206 valence electrons. The summed E-state index contributed by atoms with van der Waals surface area (Å²) in [5.74, 6) is -0.807. The lowest BCUT2D eigenvalue weighted by Crippen LogP contribution is -2.48. The lowest BCUT2D eigenvalue weighted by Gasteiger charge is -2.27. The second-order valence-corrected chi connectivity index (χ2v) is 10.7. The van der Waals surface area contributed by atoms with Gasteiger partial charge in [0.15, 0.2) is 0 Å². The molecule has 0 spiro atoms. The van der Waals surface area contributed by atoms with Gasteiger partial charge in [-0.1, -0.05) is 24.3 Å². The van der Waals surface area contributed by atoms with Crippen molar-refractivity contribution in [3.8, 4) is 0 Å². The number of aromatic nitrogens is 1. The van der Waals surface area contributed by atoms with E-state index in [2.05, 4.69) is 20.9 Å². The maximum atomic E-state index is 13.2. The van der Waals surface area contributed by atoms with Crippen molar-refractivity contribution in [2.24, 2.45) is 5.73 Å². The predicted molar refractivity (Wildman–Crippen MR) is 162 cm³/mol. The molecule has 0 radical (unpaired) electrons. The number of fused-ring (bicyclic) bond motifs is 1. The number of nitrogens with two attached hydrogens (primary N) is 1. The van der Waals surface area contributed by atoms with Crippen LogP contribution in [0.25, 0.3) is 10.9 Å². The molecule has 10 nitrogen and oxygen atoms in total. The number of carbonyl (C=O) groups excluding carboxylic acids is 2. The van der Waals surface area contributed by atoms with Crippen LogP contribution in [-0.2, 0) is 11.3 Å². The van der Waals surface area contributed by atoms with Gasteiger partial charge >= 0.3 is 0 Å². The number of thiophene rings is 1. The van der Waals surface area contributed by atoms with Gasteiger partial charge in [0, 0.05) is 36.0 Å². The molecule has 2 aromatic heterocycles. The number of carbonyl (C=O) groups is 2.